The third-order valence-electron chi connectivity index (χ3n) is 5.05. The molecule has 3 N–H and O–H groups in total. The fourth-order valence-corrected chi connectivity index (χ4v) is 3.64. The molecule has 122 valence electrons. The summed E-state index contributed by atoms with van der Waals surface area (Å²) in [6.07, 6.45) is 7.62. The Balaban J connectivity index is 1.75. The minimum Gasteiger partial charge on any atom is -0.309 e. The van der Waals surface area contributed by atoms with E-state index in [0.717, 1.165) is 18.9 Å². The first kappa shape index (κ1) is 16.2. The second-order valence-corrected chi connectivity index (χ2v) is 6.88. The molecule has 0 saturated heterocycles. The van der Waals surface area contributed by atoms with E-state index in [0.29, 0.717) is 0 Å². The van der Waals surface area contributed by atoms with Crippen molar-refractivity contribution in [2.75, 3.05) is 6.54 Å². The van der Waals surface area contributed by atoms with Crippen molar-refractivity contribution in [3.8, 4) is 0 Å². The lowest BCUT2D eigenvalue weighted by Crippen LogP contribution is -2.53. The molecule has 1 saturated carbocycles. The molecule has 2 aromatic rings. The summed E-state index contributed by atoms with van der Waals surface area (Å²) in [6, 6.07) is 21.0. The summed E-state index contributed by atoms with van der Waals surface area (Å²) < 4.78 is 0. The zero-order chi connectivity index (χ0) is 16.0. The Kier molecular flexibility index (Phi) is 5.47. The number of benzene rings is 2. The molecule has 0 aromatic heterocycles. The summed E-state index contributed by atoms with van der Waals surface area (Å²) in [4.78, 5) is 0. The van der Waals surface area contributed by atoms with Crippen LogP contribution < -0.4 is 11.1 Å². The van der Waals surface area contributed by atoms with Crippen molar-refractivity contribution in [3.05, 3.63) is 71.8 Å². The van der Waals surface area contributed by atoms with E-state index in [1.54, 1.807) is 0 Å². The monoisotopic (exact) mass is 308 g/mol. The summed E-state index contributed by atoms with van der Waals surface area (Å²) in [5.41, 5.74) is 8.80. The Morgan fingerprint density at radius 1 is 0.870 bits per heavy atom. The molecule has 0 bridgehead atoms. The van der Waals surface area contributed by atoms with Gasteiger partial charge >= 0.3 is 0 Å². The molecule has 1 fully saturated rings. The van der Waals surface area contributed by atoms with E-state index in [9.17, 15) is 0 Å². The van der Waals surface area contributed by atoms with Gasteiger partial charge in [0.2, 0.25) is 0 Å². The molecule has 1 aliphatic carbocycles. The molecule has 1 atom stereocenters. The second-order valence-electron chi connectivity index (χ2n) is 6.88. The van der Waals surface area contributed by atoms with Crippen LogP contribution in [0.5, 0.6) is 0 Å². The van der Waals surface area contributed by atoms with Gasteiger partial charge in [-0.3, -0.25) is 5.32 Å². The van der Waals surface area contributed by atoms with Crippen LogP contribution in [0, 0.1) is 5.92 Å². The molecule has 2 aromatic carbocycles. The largest absolute Gasteiger partial charge is 0.309 e. The predicted octanol–water partition coefficient (Wildman–Crippen LogP) is 4.21. The van der Waals surface area contributed by atoms with Gasteiger partial charge in [0.05, 0.1) is 5.66 Å². The molecule has 2 heteroatoms. The summed E-state index contributed by atoms with van der Waals surface area (Å²) in [5.74, 6) is 0.770. The highest BCUT2D eigenvalue weighted by Gasteiger charge is 2.28. The highest BCUT2D eigenvalue weighted by molar-refractivity contribution is 5.27. The van der Waals surface area contributed by atoms with E-state index < -0.39 is 5.66 Å². The molecule has 0 heterocycles. The Morgan fingerprint density at radius 2 is 1.48 bits per heavy atom. The van der Waals surface area contributed by atoms with Crippen LogP contribution in [-0.2, 0) is 12.1 Å². The molecule has 0 amide bonds. The van der Waals surface area contributed by atoms with Gasteiger partial charge in [-0.2, -0.15) is 0 Å². The molecule has 2 nitrogen and oxygen atoms in total. The van der Waals surface area contributed by atoms with Crippen LogP contribution >= 0.6 is 0 Å². The quantitative estimate of drug-likeness (QED) is 0.785. The first-order chi connectivity index (χ1) is 11.3. The lowest BCUT2D eigenvalue weighted by atomic mass is 9.87. The zero-order valence-electron chi connectivity index (χ0n) is 13.9. The maximum absolute atomic E-state index is 6.86. The van der Waals surface area contributed by atoms with Crippen molar-refractivity contribution in [2.24, 2.45) is 11.7 Å². The van der Waals surface area contributed by atoms with Crippen LogP contribution in [0.3, 0.4) is 0 Å². The molecule has 23 heavy (non-hydrogen) atoms. The average molecular weight is 308 g/mol. The standard InChI is InChI=1S/C21H28N2/c22-21(20-14-8-3-9-15-20,16-18-10-4-1-5-11-18)23-17-19-12-6-2-7-13-19/h1,3-5,8-11,14-15,19,23H,2,6-7,12-13,16-17,22H2. The van der Waals surface area contributed by atoms with Gasteiger partial charge in [-0.25, -0.2) is 0 Å². The minimum absolute atomic E-state index is 0.500. The summed E-state index contributed by atoms with van der Waals surface area (Å²) in [6.45, 7) is 1.01. The summed E-state index contributed by atoms with van der Waals surface area (Å²) in [7, 11) is 0. The van der Waals surface area contributed by atoms with Crippen molar-refractivity contribution in [3.63, 3.8) is 0 Å². The van der Waals surface area contributed by atoms with Crippen LogP contribution in [0.15, 0.2) is 60.7 Å². The molecule has 0 spiro atoms. The number of nitrogens with two attached hydrogens (primary N) is 1. The average Bonchev–Trinajstić information content (AvgIpc) is 2.63. The SMILES string of the molecule is NC(Cc1ccccc1)(NCC1CCCCC1)c1ccccc1. The topological polar surface area (TPSA) is 38.0 Å². The third kappa shape index (κ3) is 4.43. The van der Waals surface area contributed by atoms with Crippen LogP contribution in [-0.4, -0.2) is 6.54 Å². The van der Waals surface area contributed by atoms with Gasteiger partial charge in [-0.1, -0.05) is 79.9 Å². The minimum atomic E-state index is -0.500. The fraction of sp³-hybridized carbons (Fsp3) is 0.429. The van der Waals surface area contributed by atoms with Gasteiger partial charge in [0, 0.05) is 6.42 Å². The van der Waals surface area contributed by atoms with E-state index in [4.69, 9.17) is 5.73 Å². The number of rotatable bonds is 6. The van der Waals surface area contributed by atoms with Crippen molar-refractivity contribution in [2.45, 2.75) is 44.2 Å². The highest BCUT2D eigenvalue weighted by atomic mass is 15.1. The van der Waals surface area contributed by atoms with E-state index in [1.807, 2.05) is 6.07 Å². The van der Waals surface area contributed by atoms with Gasteiger partial charge in [-0.15, -0.1) is 0 Å². The second kappa shape index (κ2) is 7.76. The van der Waals surface area contributed by atoms with Crippen molar-refractivity contribution < 1.29 is 0 Å². The molecule has 1 unspecified atom stereocenters. The zero-order valence-corrected chi connectivity index (χ0v) is 13.9. The molecule has 0 aliphatic heterocycles. The lowest BCUT2D eigenvalue weighted by Gasteiger charge is -2.34. The molecule has 0 radical (unpaired) electrons. The Hall–Kier alpha value is -1.64. The van der Waals surface area contributed by atoms with Crippen molar-refractivity contribution in [1.82, 2.24) is 5.32 Å². The smallest absolute Gasteiger partial charge is 0.0966 e. The highest BCUT2D eigenvalue weighted by Crippen LogP contribution is 2.26. The molecular formula is C21H28N2. The van der Waals surface area contributed by atoms with Crippen molar-refractivity contribution in [1.29, 1.82) is 0 Å². The van der Waals surface area contributed by atoms with Crippen LogP contribution in [0.2, 0.25) is 0 Å². The van der Waals surface area contributed by atoms with Gasteiger partial charge < -0.3 is 5.73 Å². The van der Waals surface area contributed by atoms with E-state index >= 15 is 0 Å². The van der Waals surface area contributed by atoms with Gasteiger partial charge in [0.1, 0.15) is 0 Å². The number of nitrogens with one attached hydrogen (secondary N) is 1. The van der Waals surface area contributed by atoms with Gasteiger partial charge in [0.25, 0.3) is 0 Å². The van der Waals surface area contributed by atoms with Gasteiger partial charge in [0.15, 0.2) is 0 Å². The van der Waals surface area contributed by atoms with Crippen LogP contribution in [0.1, 0.15) is 43.2 Å². The van der Waals surface area contributed by atoms with E-state index in [1.165, 1.54) is 43.2 Å². The normalized spacial score (nSPS) is 18.5. The first-order valence-corrected chi connectivity index (χ1v) is 8.90. The summed E-state index contributed by atoms with van der Waals surface area (Å²) in [5, 5.41) is 3.71. The maximum Gasteiger partial charge on any atom is 0.0966 e. The lowest BCUT2D eigenvalue weighted by molar-refractivity contribution is 0.272. The van der Waals surface area contributed by atoms with E-state index in [-0.39, 0.29) is 0 Å². The van der Waals surface area contributed by atoms with Crippen LogP contribution in [0.25, 0.3) is 0 Å². The molecule has 3 rings (SSSR count). The molecule has 1 aliphatic rings. The first-order valence-electron chi connectivity index (χ1n) is 8.90. The number of hydrogen-bond donors (Lipinski definition) is 2. The van der Waals surface area contributed by atoms with E-state index in [2.05, 4.69) is 59.9 Å². The van der Waals surface area contributed by atoms with Crippen LogP contribution in [0.4, 0.5) is 0 Å². The Labute approximate surface area is 140 Å². The Bertz CT molecular complexity index is 575. The maximum atomic E-state index is 6.86. The van der Waals surface area contributed by atoms with Gasteiger partial charge in [-0.05, 0) is 36.4 Å². The predicted molar refractivity (Wildman–Crippen MR) is 97.0 cm³/mol. The summed E-state index contributed by atoms with van der Waals surface area (Å²) >= 11 is 0. The Morgan fingerprint density at radius 3 is 2.13 bits per heavy atom. The van der Waals surface area contributed by atoms with Crippen molar-refractivity contribution >= 4 is 0 Å². The molecular weight excluding hydrogens is 280 g/mol. The number of hydrogen-bond acceptors (Lipinski definition) is 2. The fourth-order valence-electron chi connectivity index (χ4n) is 3.64. The third-order valence-corrected chi connectivity index (χ3v) is 5.05.